The number of hydrogen-bond acceptors (Lipinski definition) is 4. The molecule has 5 heteroatoms. The molecule has 1 aliphatic heterocycles. The molecule has 17 heavy (non-hydrogen) atoms. The van der Waals surface area contributed by atoms with Gasteiger partial charge in [-0.25, -0.2) is 8.42 Å². The van der Waals surface area contributed by atoms with Crippen LogP contribution in [0.25, 0.3) is 10.5 Å². The van der Waals surface area contributed by atoms with Crippen LogP contribution in [-0.2, 0) is 9.84 Å². The van der Waals surface area contributed by atoms with E-state index in [4.69, 9.17) is 0 Å². The van der Waals surface area contributed by atoms with Gasteiger partial charge in [-0.15, -0.1) is 22.7 Å². The van der Waals surface area contributed by atoms with Gasteiger partial charge in [0, 0.05) is 20.7 Å². The molecule has 0 aromatic carbocycles. The lowest BCUT2D eigenvalue weighted by atomic mass is 10.2. The van der Waals surface area contributed by atoms with Crippen LogP contribution in [0, 0.1) is 0 Å². The van der Waals surface area contributed by atoms with Crippen molar-refractivity contribution in [2.24, 2.45) is 0 Å². The lowest BCUT2D eigenvalue weighted by molar-refractivity contribution is 0.614. The molecule has 0 unspecified atom stereocenters. The van der Waals surface area contributed by atoms with E-state index in [-0.39, 0.29) is 0 Å². The van der Waals surface area contributed by atoms with E-state index in [1.807, 2.05) is 35.0 Å². The zero-order valence-electron chi connectivity index (χ0n) is 8.66. The first kappa shape index (κ1) is 11.0. The maximum atomic E-state index is 12.0. The Balaban J connectivity index is 2.29. The Labute approximate surface area is 107 Å². The molecule has 0 atom stereocenters. The minimum absolute atomic E-state index is 0.440. The highest BCUT2D eigenvalue weighted by Crippen LogP contribution is 2.40. The highest BCUT2D eigenvalue weighted by atomic mass is 32.2. The predicted octanol–water partition coefficient (Wildman–Crippen LogP) is 3.62. The molecule has 2 aromatic rings. The normalized spacial score (nSPS) is 17.9. The predicted molar refractivity (Wildman–Crippen MR) is 73.5 cm³/mol. The highest BCUT2D eigenvalue weighted by molar-refractivity contribution is 8.04. The van der Waals surface area contributed by atoms with Gasteiger partial charge in [0.1, 0.15) is 0 Å². The van der Waals surface area contributed by atoms with E-state index in [1.165, 1.54) is 16.7 Å². The third-order valence-corrected chi connectivity index (χ3v) is 5.90. The molecular formula is C12H8O2S3. The number of thiophene rings is 2. The lowest BCUT2D eigenvalue weighted by Crippen LogP contribution is -1.94. The van der Waals surface area contributed by atoms with E-state index in [1.54, 1.807) is 17.4 Å². The van der Waals surface area contributed by atoms with Gasteiger partial charge < -0.3 is 0 Å². The smallest absolute Gasteiger partial charge is 0.201 e. The fraction of sp³-hybridized carbons (Fsp3) is 0. The molecule has 86 valence electrons. The fourth-order valence-electron chi connectivity index (χ4n) is 1.76. The average Bonchev–Trinajstić information content (AvgIpc) is 2.95. The summed E-state index contributed by atoms with van der Waals surface area (Å²) in [5.74, 6) is 0. The molecule has 0 radical (unpaired) electrons. The van der Waals surface area contributed by atoms with Crippen LogP contribution >= 0.6 is 22.7 Å². The van der Waals surface area contributed by atoms with Crippen molar-refractivity contribution < 1.29 is 8.42 Å². The Morgan fingerprint density at radius 3 is 2.18 bits per heavy atom. The highest BCUT2D eigenvalue weighted by Gasteiger charge is 2.27. The standard InChI is InChI=1S/C12H8O2S3/c13-17(14)8-5-9(10-3-1-6-15-10)12(17)11-4-2-7-16-11/h1-8H. The lowest BCUT2D eigenvalue weighted by Gasteiger charge is -2.02. The summed E-state index contributed by atoms with van der Waals surface area (Å²) in [6, 6.07) is 7.58. The molecule has 2 nitrogen and oxygen atoms in total. The molecule has 0 spiro atoms. The van der Waals surface area contributed by atoms with Gasteiger partial charge in [-0.1, -0.05) is 12.1 Å². The number of rotatable bonds is 2. The Morgan fingerprint density at radius 1 is 0.941 bits per heavy atom. The quantitative estimate of drug-likeness (QED) is 0.842. The zero-order valence-corrected chi connectivity index (χ0v) is 11.1. The van der Waals surface area contributed by atoms with Gasteiger partial charge in [-0.3, -0.25) is 0 Å². The summed E-state index contributed by atoms with van der Waals surface area (Å²) in [4.78, 5) is 2.24. The van der Waals surface area contributed by atoms with Crippen molar-refractivity contribution in [2.45, 2.75) is 0 Å². The van der Waals surface area contributed by atoms with Crippen molar-refractivity contribution >= 4 is 43.0 Å². The summed E-state index contributed by atoms with van der Waals surface area (Å²) in [6.45, 7) is 0. The van der Waals surface area contributed by atoms with Crippen molar-refractivity contribution in [3.05, 3.63) is 56.3 Å². The maximum Gasteiger partial charge on any atom is 0.201 e. The minimum atomic E-state index is -3.27. The van der Waals surface area contributed by atoms with E-state index < -0.39 is 9.84 Å². The fourth-order valence-corrected chi connectivity index (χ4v) is 5.04. The first-order valence-corrected chi connectivity index (χ1v) is 8.24. The van der Waals surface area contributed by atoms with Gasteiger partial charge in [0.15, 0.2) is 0 Å². The second-order valence-corrected chi connectivity index (χ2v) is 7.21. The van der Waals surface area contributed by atoms with E-state index in [0.29, 0.717) is 4.91 Å². The summed E-state index contributed by atoms with van der Waals surface area (Å²) < 4.78 is 24.1. The molecule has 2 aromatic heterocycles. The molecule has 3 heterocycles. The largest absolute Gasteiger partial charge is 0.219 e. The molecule has 0 aliphatic carbocycles. The summed E-state index contributed by atoms with van der Waals surface area (Å²) in [6.07, 6.45) is 1.69. The maximum absolute atomic E-state index is 12.0. The van der Waals surface area contributed by atoms with Crippen LogP contribution in [0.2, 0.25) is 0 Å². The summed E-state index contributed by atoms with van der Waals surface area (Å²) >= 11 is 3.00. The Kier molecular flexibility index (Phi) is 2.54. The van der Waals surface area contributed by atoms with Crippen molar-refractivity contribution in [3.63, 3.8) is 0 Å². The second-order valence-electron chi connectivity index (χ2n) is 3.55. The van der Waals surface area contributed by atoms with Crippen LogP contribution in [0.5, 0.6) is 0 Å². The SMILES string of the molecule is O=S1(=O)C=CC(c2cccs2)=C1c1cccs1. The van der Waals surface area contributed by atoms with Gasteiger partial charge in [0.2, 0.25) is 9.84 Å². The second kappa shape index (κ2) is 3.94. The number of sulfone groups is 1. The van der Waals surface area contributed by atoms with Crippen LogP contribution in [0.4, 0.5) is 0 Å². The van der Waals surface area contributed by atoms with Gasteiger partial charge in [0.25, 0.3) is 0 Å². The topological polar surface area (TPSA) is 34.1 Å². The molecule has 0 amide bonds. The van der Waals surface area contributed by atoms with Crippen molar-refractivity contribution in [1.29, 1.82) is 0 Å². The van der Waals surface area contributed by atoms with Crippen molar-refractivity contribution in [3.8, 4) is 0 Å². The van der Waals surface area contributed by atoms with E-state index >= 15 is 0 Å². The number of hydrogen-bond donors (Lipinski definition) is 0. The van der Waals surface area contributed by atoms with Gasteiger partial charge in [0.05, 0.1) is 4.91 Å². The first-order valence-electron chi connectivity index (χ1n) is 4.94. The van der Waals surface area contributed by atoms with E-state index in [2.05, 4.69) is 0 Å². The third kappa shape index (κ3) is 1.80. The van der Waals surface area contributed by atoms with E-state index in [0.717, 1.165) is 15.3 Å². The van der Waals surface area contributed by atoms with Crippen molar-refractivity contribution in [2.75, 3.05) is 0 Å². The van der Waals surface area contributed by atoms with Gasteiger partial charge in [-0.05, 0) is 29.0 Å². The van der Waals surface area contributed by atoms with E-state index in [9.17, 15) is 8.42 Å². The van der Waals surface area contributed by atoms with Gasteiger partial charge >= 0.3 is 0 Å². The Morgan fingerprint density at radius 2 is 1.59 bits per heavy atom. The molecule has 0 bridgehead atoms. The molecule has 1 aliphatic rings. The van der Waals surface area contributed by atoms with Crippen LogP contribution in [0.3, 0.4) is 0 Å². The summed E-state index contributed by atoms with van der Waals surface area (Å²) in [7, 11) is -3.27. The molecular weight excluding hydrogens is 272 g/mol. The minimum Gasteiger partial charge on any atom is -0.219 e. The van der Waals surface area contributed by atoms with Crippen molar-refractivity contribution in [1.82, 2.24) is 0 Å². The molecule has 0 saturated heterocycles. The van der Waals surface area contributed by atoms with Crippen LogP contribution in [0.1, 0.15) is 9.75 Å². The molecule has 0 fully saturated rings. The first-order chi connectivity index (χ1) is 8.18. The summed E-state index contributed by atoms with van der Waals surface area (Å²) in [5.41, 5.74) is 0.808. The molecule has 0 saturated carbocycles. The number of allylic oxidation sites excluding steroid dienone is 2. The third-order valence-electron chi connectivity index (χ3n) is 2.47. The van der Waals surface area contributed by atoms with Crippen LogP contribution < -0.4 is 0 Å². The molecule has 3 rings (SSSR count). The Hall–Kier alpha value is -1.17. The van der Waals surface area contributed by atoms with Crippen LogP contribution in [-0.4, -0.2) is 8.42 Å². The monoisotopic (exact) mass is 280 g/mol. The average molecular weight is 280 g/mol. The van der Waals surface area contributed by atoms with Gasteiger partial charge in [-0.2, -0.15) is 0 Å². The zero-order chi connectivity index (χ0) is 11.9. The Bertz CT molecular complexity index is 687. The molecule has 0 N–H and O–H groups in total. The summed E-state index contributed by atoms with van der Waals surface area (Å²) in [5, 5.41) is 5.13. The van der Waals surface area contributed by atoms with Crippen LogP contribution in [0.15, 0.2) is 46.5 Å².